The Hall–Kier alpha value is -2.55. The summed E-state index contributed by atoms with van der Waals surface area (Å²) in [5, 5.41) is 6.61. The normalized spacial score (nSPS) is 18.2. The number of hydrogen-bond acceptors (Lipinski definition) is 2. The lowest BCUT2D eigenvalue weighted by Crippen LogP contribution is -2.36. The van der Waals surface area contributed by atoms with Crippen molar-refractivity contribution in [1.82, 2.24) is 10.6 Å². The van der Waals surface area contributed by atoms with Gasteiger partial charge in [-0.05, 0) is 35.4 Å². The molecule has 0 spiro atoms. The minimum absolute atomic E-state index is 0.0177. The van der Waals surface area contributed by atoms with Gasteiger partial charge < -0.3 is 10.6 Å². The molecule has 2 aromatic rings. The molecular weight excluding hydrogens is 320 g/mol. The van der Waals surface area contributed by atoms with Gasteiger partial charge in [0.2, 0.25) is 0 Å². The zero-order chi connectivity index (χ0) is 17.8. The van der Waals surface area contributed by atoms with Gasteiger partial charge in [0, 0.05) is 12.7 Å². The van der Waals surface area contributed by atoms with Gasteiger partial charge in [-0.25, -0.2) is 0 Å². The predicted octanol–water partition coefficient (Wildman–Crippen LogP) is 4.57. The molecule has 1 saturated carbocycles. The van der Waals surface area contributed by atoms with Crippen molar-refractivity contribution < 1.29 is 4.79 Å². The fourth-order valence-corrected chi connectivity index (χ4v) is 4.29. The van der Waals surface area contributed by atoms with E-state index in [0.717, 1.165) is 17.7 Å². The molecule has 1 aliphatic carbocycles. The molecule has 0 saturated heterocycles. The van der Waals surface area contributed by atoms with E-state index < -0.39 is 0 Å². The Labute approximate surface area is 155 Å². The maximum Gasteiger partial charge on any atom is 0.253 e. The summed E-state index contributed by atoms with van der Waals surface area (Å²) in [6.07, 6.45) is 8.07. The molecule has 2 N–H and O–H groups in total. The highest BCUT2D eigenvalue weighted by Crippen LogP contribution is 2.35. The van der Waals surface area contributed by atoms with Gasteiger partial charge in [-0.1, -0.05) is 73.9 Å². The maximum atomic E-state index is 13.2. The van der Waals surface area contributed by atoms with Crippen LogP contribution in [0.25, 0.3) is 5.57 Å². The summed E-state index contributed by atoms with van der Waals surface area (Å²) < 4.78 is 0. The summed E-state index contributed by atoms with van der Waals surface area (Å²) >= 11 is 0. The Morgan fingerprint density at radius 1 is 0.962 bits per heavy atom. The van der Waals surface area contributed by atoms with Gasteiger partial charge >= 0.3 is 0 Å². The van der Waals surface area contributed by atoms with Crippen molar-refractivity contribution in [2.24, 2.45) is 5.92 Å². The summed E-state index contributed by atoms with van der Waals surface area (Å²) in [5.41, 5.74) is 4.17. The van der Waals surface area contributed by atoms with Gasteiger partial charge in [-0.15, -0.1) is 0 Å². The summed E-state index contributed by atoms with van der Waals surface area (Å²) in [7, 11) is 0. The number of fused-ring (bicyclic) bond motifs is 1. The molecule has 3 heteroatoms. The lowest BCUT2D eigenvalue weighted by molar-refractivity contribution is -0.116. The first-order chi connectivity index (χ1) is 12.8. The summed E-state index contributed by atoms with van der Waals surface area (Å²) in [6, 6.07) is 18.7. The molecular formula is C23H26N2O. The second-order valence-corrected chi connectivity index (χ2v) is 7.36. The minimum atomic E-state index is 0.0177. The van der Waals surface area contributed by atoms with Gasteiger partial charge in [-0.3, -0.25) is 4.79 Å². The summed E-state index contributed by atoms with van der Waals surface area (Å²) in [6.45, 7) is 0.775. The molecule has 0 bridgehead atoms. The molecule has 26 heavy (non-hydrogen) atoms. The van der Waals surface area contributed by atoms with E-state index in [9.17, 15) is 4.79 Å². The smallest absolute Gasteiger partial charge is 0.253 e. The third kappa shape index (κ3) is 3.52. The van der Waals surface area contributed by atoms with Gasteiger partial charge in [0.25, 0.3) is 5.91 Å². The zero-order valence-corrected chi connectivity index (χ0v) is 15.1. The van der Waals surface area contributed by atoms with Crippen molar-refractivity contribution in [2.75, 3.05) is 0 Å². The van der Waals surface area contributed by atoms with Gasteiger partial charge in [-0.2, -0.15) is 0 Å². The fourth-order valence-electron chi connectivity index (χ4n) is 4.29. The van der Waals surface area contributed by atoms with Gasteiger partial charge in [0.05, 0.1) is 11.6 Å². The highest BCUT2D eigenvalue weighted by atomic mass is 16.1. The van der Waals surface area contributed by atoms with E-state index in [2.05, 4.69) is 41.0 Å². The second-order valence-electron chi connectivity index (χ2n) is 7.36. The second kappa shape index (κ2) is 7.77. The first kappa shape index (κ1) is 16.9. The Kier molecular flexibility index (Phi) is 5.05. The van der Waals surface area contributed by atoms with E-state index in [0.29, 0.717) is 5.92 Å². The molecule has 0 unspecified atom stereocenters. The molecule has 4 rings (SSSR count). The van der Waals surface area contributed by atoms with Crippen molar-refractivity contribution in [3.8, 4) is 0 Å². The van der Waals surface area contributed by atoms with Crippen LogP contribution in [0.1, 0.15) is 54.8 Å². The van der Waals surface area contributed by atoms with E-state index in [1.807, 2.05) is 30.5 Å². The molecule has 1 heterocycles. The molecule has 1 amide bonds. The quantitative estimate of drug-likeness (QED) is 0.851. The molecule has 0 radical (unpaired) electrons. The van der Waals surface area contributed by atoms with Gasteiger partial charge in [0.15, 0.2) is 0 Å². The first-order valence-electron chi connectivity index (χ1n) is 9.70. The highest BCUT2D eigenvalue weighted by molar-refractivity contribution is 6.20. The molecule has 2 aromatic carbocycles. The van der Waals surface area contributed by atoms with Crippen LogP contribution in [0, 0.1) is 5.92 Å². The summed E-state index contributed by atoms with van der Waals surface area (Å²) in [5.74, 6) is 0.534. The number of carbonyl (C=O) groups excluding carboxylic acids is 1. The number of benzene rings is 2. The van der Waals surface area contributed by atoms with Crippen molar-refractivity contribution in [1.29, 1.82) is 0 Å². The van der Waals surface area contributed by atoms with Crippen molar-refractivity contribution in [3.63, 3.8) is 0 Å². The first-order valence-corrected chi connectivity index (χ1v) is 9.70. The molecule has 3 nitrogen and oxygen atoms in total. The molecule has 1 fully saturated rings. The fraction of sp³-hybridized carbons (Fsp3) is 0.348. The molecule has 2 aliphatic rings. The van der Waals surface area contributed by atoms with Gasteiger partial charge in [0.1, 0.15) is 0 Å². The lowest BCUT2D eigenvalue weighted by Gasteiger charge is -2.32. The van der Waals surface area contributed by atoms with Crippen LogP contribution in [0.4, 0.5) is 0 Å². The zero-order valence-electron chi connectivity index (χ0n) is 15.1. The van der Waals surface area contributed by atoms with Crippen LogP contribution in [0.15, 0.2) is 60.8 Å². The van der Waals surface area contributed by atoms with Crippen LogP contribution < -0.4 is 10.6 Å². The van der Waals surface area contributed by atoms with Crippen LogP contribution in [0.2, 0.25) is 0 Å². The Morgan fingerprint density at radius 3 is 2.50 bits per heavy atom. The number of rotatable bonds is 4. The standard InChI is InChI=1S/C23H26N2O/c26-23(21-16-24-15-19-13-7-8-14-20(19)21)25-22(17-9-3-1-4-10-17)18-11-5-2-6-12-18/h1,3-4,7-10,13-14,16,18,22,24H,2,5-6,11-12,15H2,(H,25,26)/t22-/m1/s1. The average Bonchev–Trinajstić information content (AvgIpc) is 2.72. The third-order valence-corrected chi connectivity index (χ3v) is 5.66. The Bertz CT molecular complexity index is 791. The number of amides is 1. The maximum absolute atomic E-state index is 13.2. The Balaban J connectivity index is 1.59. The van der Waals surface area contributed by atoms with Crippen molar-refractivity contribution in [2.45, 2.75) is 44.7 Å². The Morgan fingerprint density at radius 2 is 1.69 bits per heavy atom. The molecule has 0 aromatic heterocycles. The van der Waals surface area contributed by atoms with Crippen LogP contribution in [0.5, 0.6) is 0 Å². The van der Waals surface area contributed by atoms with Crippen LogP contribution in [0.3, 0.4) is 0 Å². The molecule has 1 atom stereocenters. The van der Waals surface area contributed by atoms with E-state index >= 15 is 0 Å². The predicted molar refractivity (Wildman–Crippen MR) is 105 cm³/mol. The van der Waals surface area contributed by atoms with Crippen molar-refractivity contribution >= 4 is 11.5 Å². The largest absolute Gasteiger partial charge is 0.386 e. The monoisotopic (exact) mass is 346 g/mol. The molecule has 134 valence electrons. The van der Waals surface area contributed by atoms with E-state index in [1.54, 1.807) is 0 Å². The van der Waals surface area contributed by atoms with Crippen molar-refractivity contribution in [3.05, 3.63) is 77.5 Å². The summed E-state index contributed by atoms with van der Waals surface area (Å²) in [4.78, 5) is 13.2. The number of hydrogen-bond donors (Lipinski definition) is 2. The SMILES string of the molecule is O=C(N[C@H](c1ccccc1)C1CCCCC1)C1=CNCc2ccccc21. The lowest BCUT2D eigenvalue weighted by atomic mass is 9.81. The number of nitrogens with one attached hydrogen (secondary N) is 2. The molecule has 1 aliphatic heterocycles. The third-order valence-electron chi connectivity index (χ3n) is 5.66. The topological polar surface area (TPSA) is 41.1 Å². The van der Waals surface area contributed by atoms with E-state index in [4.69, 9.17) is 0 Å². The average molecular weight is 346 g/mol. The van der Waals surface area contributed by atoms with Crippen LogP contribution in [-0.2, 0) is 11.3 Å². The highest BCUT2D eigenvalue weighted by Gasteiger charge is 2.28. The van der Waals surface area contributed by atoms with Crippen LogP contribution in [-0.4, -0.2) is 5.91 Å². The minimum Gasteiger partial charge on any atom is -0.386 e. The number of carbonyl (C=O) groups is 1. The van der Waals surface area contributed by atoms with E-state index in [1.165, 1.54) is 43.2 Å². The van der Waals surface area contributed by atoms with Crippen LogP contribution >= 0.6 is 0 Å². The van der Waals surface area contributed by atoms with E-state index in [-0.39, 0.29) is 11.9 Å².